The molecule has 0 radical (unpaired) electrons. The predicted octanol–water partition coefficient (Wildman–Crippen LogP) is 0.831. The van der Waals surface area contributed by atoms with Gasteiger partial charge in [0.05, 0.1) is 0 Å². The molecule has 32 heavy (non-hydrogen) atoms. The van der Waals surface area contributed by atoms with Gasteiger partial charge in [0, 0.05) is 17.2 Å². The van der Waals surface area contributed by atoms with E-state index in [-0.39, 0.29) is 68.8 Å². The zero-order valence-corrected chi connectivity index (χ0v) is 24.4. The van der Waals surface area contributed by atoms with E-state index in [0.717, 1.165) is 28.8 Å². The third-order valence-electron chi connectivity index (χ3n) is 4.78. The van der Waals surface area contributed by atoms with E-state index in [1.165, 1.54) is 12.1 Å². The first-order chi connectivity index (χ1) is 15.0. The third-order valence-corrected chi connectivity index (χ3v) is 4.78. The standard InChI is InChI=1S/C18H21FN6O2.C2H6.CH3I.K/c1-22-17-15(16(20)21)14(10-2-4-11(5-3-10)18(27)24-19)13-7-6-12(23-9-26)8-25(13)17;2*1-2;/h2-5,9,12H,6-8H2,1H3,(H6,20,21,22,23,24,26,27);1-2H3;1H3;/q;;;+1/p-1. The fourth-order valence-electron chi connectivity index (χ4n) is 3.61. The Morgan fingerprint density at radius 1 is 1.31 bits per heavy atom. The number of nitrogens with zero attached hydrogens (tertiary/aromatic N) is 2. The van der Waals surface area contributed by atoms with Crippen LogP contribution in [0.3, 0.4) is 0 Å². The molecular formula is C21H29FIKN6O2. The van der Waals surface area contributed by atoms with Crippen molar-refractivity contribution in [2.75, 3.05) is 12.0 Å². The first-order valence-corrected chi connectivity index (χ1v) is 12.0. The normalized spacial score (nSPS) is 13.5. The van der Waals surface area contributed by atoms with Crippen LogP contribution >= 0.6 is 22.6 Å². The van der Waals surface area contributed by atoms with Crippen molar-refractivity contribution >= 4 is 46.6 Å². The molecule has 0 spiro atoms. The summed E-state index contributed by atoms with van der Waals surface area (Å²) >= 11 is 2.15. The van der Waals surface area contributed by atoms with Crippen molar-refractivity contribution in [2.45, 2.75) is 39.3 Å². The van der Waals surface area contributed by atoms with E-state index in [2.05, 4.69) is 33.2 Å². The van der Waals surface area contributed by atoms with Gasteiger partial charge >= 0.3 is 51.4 Å². The second-order valence-corrected chi connectivity index (χ2v) is 6.29. The van der Waals surface area contributed by atoms with E-state index >= 15 is 0 Å². The molecule has 1 aromatic carbocycles. The number of nitrogen functional groups attached to an aromatic ring is 1. The molecule has 1 aliphatic heterocycles. The third kappa shape index (κ3) is 7.00. The molecule has 1 aliphatic rings. The number of aromatic nitrogens is 1. The van der Waals surface area contributed by atoms with Crippen molar-refractivity contribution in [3.63, 3.8) is 0 Å². The number of benzene rings is 1. The van der Waals surface area contributed by atoms with E-state index in [0.29, 0.717) is 30.8 Å². The van der Waals surface area contributed by atoms with Gasteiger partial charge in [0.25, 0.3) is 5.91 Å². The molecule has 0 saturated heterocycles. The molecule has 5 N–H and O–H groups in total. The average Bonchev–Trinajstić information content (AvgIpc) is 3.15. The van der Waals surface area contributed by atoms with Gasteiger partial charge in [-0.3, -0.25) is 15.0 Å². The number of fused-ring (bicyclic) bond motifs is 1. The van der Waals surface area contributed by atoms with Gasteiger partial charge in [0.15, 0.2) is 0 Å². The fraction of sp³-hybridized carbons (Fsp3) is 0.381. The van der Waals surface area contributed by atoms with Gasteiger partial charge in [0.2, 0.25) is 6.41 Å². The first-order valence-electron chi connectivity index (χ1n) is 9.80. The number of amidine groups is 1. The minimum Gasteiger partial charge on any atom is -0.468 e. The van der Waals surface area contributed by atoms with E-state index in [1.807, 2.05) is 23.3 Å². The van der Waals surface area contributed by atoms with E-state index in [4.69, 9.17) is 11.1 Å². The zero-order valence-electron chi connectivity index (χ0n) is 19.1. The van der Waals surface area contributed by atoms with Gasteiger partial charge in [-0.2, -0.15) is 5.54 Å². The maximum atomic E-state index is 12.3. The van der Waals surface area contributed by atoms with E-state index in [9.17, 15) is 14.1 Å². The molecule has 170 valence electrons. The second-order valence-electron chi connectivity index (χ2n) is 6.29. The Morgan fingerprint density at radius 2 is 1.91 bits per heavy atom. The topological polar surface area (TPSA) is 127 Å². The van der Waals surface area contributed by atoms with Crippen LogP contribution in [0.2, 0.25) is 0 Å². The van der Waals surface area contributed by atoms with E-state index in [1.54, 1.807) is 19.2 Å². The molecule has 2 heterocycles. The number of amides is 2. The molecule has 1 aromatic heterocycles. The SMILES string of the molecule is CC.CI.C[N-]c1c(C(=N)N)c(-c2ccc(C(=O)NF)cc2)c2n1CC(NC=O)CC2.[K+]. The number of hydrogen-bond donors (Lipinski definition) is 4. The minimum atomic E-state index is -0.820. The smallest absolute Gasteiger partial charge is 0.468 e. The molecular weight excluding hydrogens is 553 g/mol. The summed E-state index contributed by atoms with van der Waals surface area (Å²) in [6.07, 6.45) is 2.10. The molecule has 2 aromatic rings. The van der Waals surface area contributed by atoms with Crippen molar-refractivity contribution in [2.24, 2.45) is 5.73 Å². The summed E-state index contributed by atoms with van der Waals surface area (Å²) in [5, 5.41) is 15.2. The molecule has 8 nitrogen and oxygen atoms in total. The number of halogens is 2. The van der Waals surface area contributed by atoms with Crippen LogP contribution in [0.4, 0.5) is 10.3 Å². The van der Waals surface area contributed by atoms with Crippen LogP contribution in [0.1, 0.15) is 41.9 Å². The number of rotatable bonds is 6. The number of hydrogen-bond acceptors (Lipinski definition) is 3. The molecule has 0 aliphatic carbocycles. The minimum absolute atomic E-state index is 0. The molecule has 0 bridgehead atoms. The van der Waals surface area contributed by atoms with Gasteiger partial charge < -0.3 is 20.9 Å². The van der Waals surface area contributed by atoms with Crippen LogP contribution in [-0.2, 0) is 17.8 Å². The largest absolute Gasteiger partial charge is 1.00 e. The Morgan fingerprint density at radius 3 is 2.38 bits per heavy atom. The van der Waals surface area contributed by atoms with Gasteiger partial charge in [0.1, 0.15) is 5.84 Å². The maximum Gasteiger partial charge on any atom is 1.00 e. The summed E-state index contributed by atoms with van der Waals surface area (Å²) in [4.78, 5) is 24.2. The molecule has 11 heteroatoms. The molecule has 0 saturated carbocycles. The van der Waals surface area contributed by atoms with Crippen molar-refractivity contribution < 1.29 is 65.5 Å². The molecule has 1 unspecified atom stereocenters. The number of carbonyl (C=O) groups excluding carboxylic acids is 2. The van der Waals surface area contributed by atoms with Crippen molar-refractivity contribution in [1.82, 2.24) is 15.4 Å². The van der Waals surface area contributed by atoms with Crippen LogP contribution in [-0.4, -0.2) is 40.7 Å². The summed E-state index contributed by atoms with van der Waals surface area (Å²) in [6.45, 7) is 4.53. The van der Waals surface area contributed by atoms with Gasteiger partial charge in [-0.05, 0) is 47.6 Å². The molecule has 0 fully saturated rings. The van der Waals surface area contributed by atoms with Gasteiger partial charge in [-0.1, -0.05) is 71.6 Å². The van der Waals surface area contributed by atoms with Crippen molar-refractivity contribution in [3.8, 4) is 11.1 Å². The number of carbonyl (C=O) groups is 2. The number of alkyl halides is 1. The Balaban J connectivity index is 0.00000182. The average molecular weight is 583 g/mol. The summed E-state index contributed by atoms with van der Waals surface area (Å²) in [7, 11) is 1.63. The monoisotopic (exact) mass is 582 g/mol. The predicted molar refractivity (Wildman–Crippen MR) is 131 cm³/mol. The van der Waals surface area contributed by atoms with Crippen molar-refractivity contribution in [3.05, 3.63) is 46.4 Å². The maximum absolute atomic E-state index is 12.3. The van der Waals surface area contributed by atoms with Gasteiger partial charge in [-0.25, -0.2) is 0 Å². The molecule has 3 rings (SSSR count). The van der Waals surface area contributed by atoms with E-state index < -0.39 is 5.91 Å². The first kappa shape index (κ1) is 31.0. The molecule has 1 atom stereocenters. The molecule has 2 amide bonds. The number of nitrogens with one attached hydrogen (secondary N) is 3. The second kappa shape index (κ2) is 15.8. The zero-order chi connectivity index (χ0) is 23.6. The van der Waals surface area contributed by atoms with Crippen LogP contribution in [0.15, 0.2) is 24.3 Å². The Kier molecular flexibility index (Phi) is 15.3. The van der Waals surface area contributed by atoms with Crippen LogP contribution in [0, 0.1) is 5.41 Å². The van der Waals surface area contributed by atoms with Gasteiger partial charge in [-0.15, -0.1) is 0 Å². The summed E-state index contributed by atoms with van der Waals surface area (Å²) in [6, 6.07) is 6.40. The quantitative estimate of drug-likeness (QED) is 0.0767. The Bertz CT molecular complexity index is 905. The Hall–Kier alpha value is -0.994. The fourth-order valence-corrected chi connectivity index (χ4v) is 3.61. The van der Waals surface area contributed by atoms with Crippen molar-refractivity contribution in [1.29, 1.82) is 5.41 Å². The number of nitrogens with two attached hydrogens (primary N) is 1. The Labute approximate surface area is 244 Å². The van der Waals surface area contributed by atoms with Crippen LogP contribution in [0.5, 0.6) is 0 Å². The summed E-state index contributed by atoms with van der Waals surface area (Å²) in [5.41, 5.74) is 10.2. The summed E-state index contributed by atoms with van der Waals surface area (Å²) in [5.74, 6) is -0.354. The van der Waals surface area contributed by atoms with Crippen LogP contribution < -0.4 is 68.0 Å². The van der Waals surface area contributed by atoms with Crippen LogP contribution in [0.25, 0.3) is 16.4 Å². The summed E-state index contributed by atoms with van der Waals surface area (Å²) < 4.78 is 14.3.